The highest BCUT2D eigenvalue weighted by Crippen LogP contribution is 2.00. The van der Waals surface area contributed by atoms with Crippen molar-refractivity contribution in [1.29, 1.82) is 0 Å². The predicted molar refractivity (Wildman–Crippen MR) is 58.5 cm³/mol. The third kappa shape index (κ3) is 1.28. The number of imidazole rings is 1. The number of benzene rings is 1. The fraction of sp³-hybridized carbons (Fsp3) is 0. The Morgan fingerprint density at radius 3 is 2.93 bits per heavy atom. The molecule has 72 valence electrons. The van der Waals surface area contributed by atoms with Gasteiger partial charge in [0.05, 0.1) is 17.4 Å². The minimum Gasteiger partial charge on any atom is -0.304 e. The van der Waals surface area contributed by atoms with Crippen molar-refractivity contribution in [3.05, 3.63) is 47.6 Å². The first-order valence-corrected chi connectivity index (χ1v) is 4.84. The zero-order chi connectivity index (χ0) is 10.3. The Kier molecular flexibility index (Phi) is 1.72. The number of aromatic nitrogens is 2. The molecular formula is C10H6N4S. The van der Waals surface area contributed by atoms with Crippen molar-refractivity contribution in [2.75, 3.05) is 0 Å². The minimum atomic E-state index is 0.387. The Balaban J connectivity index is 2.39. The molecule has 5 heteroatoms. The highest BCUT2D eigenvalue weighted by Gasteiger charge is 2.06. The van der Waals surface area contributed by atoms with E-state index in [1.54, 1.807) is 12.5 Å². The quantitative estimate of drug-likeness (QED) is 0.645. The molecule has 0 unspecified atom stereocenters. The third-order valence-corrected chi connectivity index (χ3v) is 2.38. The lowest BCUT2D eigenvalue weighted by molar-refractivity contribution is 1.03. The van der Waals surface area contributed by atoms with Crippen LogP contribution in [0, 0.1) is 0 Å². The summed E-state index contributed by atoms with van der Waals surface area (Å²) in [6, 6.07) is 5.80. The average Bonchev–Trinajstić information content (AvgIpc) is 2.82. The van der Waals surface area contributed by atoms with Crippen molar-refractivity contribution in [3.63, 3.8) is 0 Å². The molecule has 15 heavy (non-hydrogen) atoms. The molecule has 1 aliphatic rings. The summed E-state index contributed by atoms with van der Waals surface area (Å²) in [5, 5.41) is 2.03. The molecule has 1 aromatic carbocycles. The first-order valence-electron chi connectivity index (χ1n) is 4.43. The van der Waals surface area contributed by atoms with E-state index in [0.717, 1.165) is 16.4 Å². The summed E-state index contributed by atoms with van der Waals surface area (Å²) in [6.45, 7) is 0. The van der Waals surface area contributed by atoms with Gasteiger partial charge in [-0.05, 0) is 24.4 Å². The van der Waals surface area contributed by atoms with Crippen molar-refractivity contribution in [1.82, 2.24) is 9.55 Å². The smallest absolute Gasteiger partial charge is 0.220 e. The number of nitrogens with zero attached hydrogens (tertiary/aromatic N) is 4. The SMILES string of the molecule is S=C1N=c2cccc(-n3ccnc3)c2=N1. The van der Waals surface area contributed by atoms with Crippen LogP contribution in [0.4, 0.5) is 0 Å². The molecule has 0 bridgehead atoms. The summed E-state index contributed by atoms with van der Waals surface area (Å²) in [4.78, 5) is 12.4. The number of para-hydroxylation sites is 1. The number of fused-ring (bicyclic) bond motifs is 1. The lowest BCUT2D eigenvalue weighted by Crippen LogP contribution is -2.25. The second-order valence-corrected chi connectivity index (χ2v) is 3.49. The van der Waals surface area contributed by atoms with Crippen molar-refractivity contribution >= 4 is 17.3 Å². The van der Waals surface area contributed by atoms with Gasteiger partial charge in [0.1, 0.15) is 5.36 Å². The zero-order valence-electron chi connectivity index (χ0n) is 7.66. The lowest BCUT2D eigenvalue weighted by Gasteiger charge is -1.99. The van der Waals surface area contributed by atoms with Gasteiger partial charge < -0.3 is 4.57 Å². The van der Waals surface area contributed by atoms with Gasteiger partial charge in [0, 0.05) is 12.4 Å². The number of rotatable bonds is 1. The first kappa shape index (κ1) is 8.43. The summed E-state index contributed by atoms with van der Waals surface area (Å²) in [5.41, 5.74) is 0.952. The molecule has 0 fully saturated rings. The summed E-state index contributed by atoms with van der Waals surface area (Å²) in [5.74, 6) is 0. The van der Waals surface area contributed by atoms with Crippen molar-refractivity contribution in [2.45, 2.75) is 0 Å². The van der Waals surface area contributed by atoms with Crippen LogP contribution in [-0.4, -0.2) is 14.7 Å². The van der Waals surface area contributed by atoms with Gasteiger partial charge in [-0.2, -0.15) is 0 Å². The van der Waals surface area contributed by atoms with Crippen molar-refractivity contribution < 1.29 is 0 Å². The maximum absolute atomic E-state index is 4.95. The van der Waals surface area contributed by atoms with E-state index >= 15 is 0 Å². The Labute approximate surface area is 90.6 Å². The molecule has 1 aromatic heterocycles. The van der Waals surface area contributed by atoms with E-state index in [4.69, 9.17) is 12.2 Å². The number of thiocarbonyl (C=S) groups is 1. The Morgan fingerprint density at radius 2 is 2.13 bits per heavy atom. The summed E-state index contributed by atoms with van der Waals surface area (Å²) >= 11 is 4.95. The second-order valence-electron chi connectivity index (χ2n) is 3.12. The maximum atomic E-state index is 4.95. The summed E-state index contributed by atoms with van der Waals surface area (Å²) < 4.78 is 1.89. The van der Waals surface area contributed by atoms with Gasteiger partial charge in [0.25, 0.3) is 0 Å². The number of hydrogen-bond donors (Lipinski definition) is 0. The Hall–Kier alpha value is -1.88. The highest BCUT2D eigenvalue weighted by atomic mass is 32.1. The highest BCUT2D eigenvalue weighted by molar-refractivity contribution is 7.80. The second kappa shape index (κ2) is 3.06. The van der Waals surface area contributed by atoms with Crippen molar-refractivity contribution in [2.24, 2.45) is 9.98 Å². The van der Waals surface area contributed by atoms with Crippen LogP contribution < -0.4 is 10.7 Å². The molecule has 0 atom stereocenters. The summed E-state index contributed by atoms with van der Waals surface area (Å²) in [7, 11) is 0. The van der Waals surface area contributed by atoms with Crippen LogP contribution in [0.5, 0.6) is 0 Å². The molecule has 2 aromatic rings. The monoisotopic (exact) mass is 214 g/mol. The van der Waals surface area contributed by atoms with Crippen LogP contribution in [0.15, 0.2) is 46.9 Å². The van der Waals surface area contributed by atoms with Gasteiger partial charge in [0.15, 0.2) is 0 Å². The molecule has 0 aliphatic carbocycles. The molecule has 0 saturated carbocycles. The van der Waals surface area contributed by atoms with E-state index in [2.05, 4.69) is 15.0 Å². The van der Waals surface area contributed by atoms with E-state index in [1.807, 2.05) is 29.0 Å². The molecule has 0 saturated heterocycles. The van der Waals surface area contributed by atoms with Crippen LogP contribution in [0.1, 0.15) is 0 Å². The lowest BCUT2D eigenvalue weighted by atomic mass is 10.3. The minimum absolute atomic E-state index is 0.387. The van der Waals surface area contributed by atoms with E-state index in [-0.39, 0.29) is 0 Å². The number of hydrogen-bond acceptors (Lipinski definition) is 2. The van der Waals surface area contributed by atoms with Crippen LogP contribution >= 0.6 is 12.2 Å². The molecule has 4 nitrogen and oxygen atoms in total. The van der Waals surface area contributed by atoms with Gasteiger partial charge in [-0.25, -0.2) is 15.0 Å². The molecule has 0 spiro atoms. The Bertz CT molecular complexity index is 643. The van der Waals surface area contributed by atoms with Crippen LogP contribution in [0.25, 0.3) is 5.69 Å². The third-order valence-electron chi connectivity index (χ3n) is 2.20. The van der Waals surface area contributed by atoms with Crippen LogP contribution in [-0.2, 0) is 0 Å². The van der Waals surface area contributed by atoms with Gasteiger partial charge in [-0.3, -0.25) is 0 Å². The van der Waals surface area contributed by atoms with Crippen molar-refractivity contribution in [3.8, 4) is 5.69 Å². The normalized spacial score (nSPS) is 13.2. The maximum Gasteiger partial charge on any atom is 0.220 e. The van der Waals surface area contributed by atoms with E-state index in [9.17, 15) is 0 Å². The summed E-state index contributed by atoms with van der Waals surface area (Å²) in [6.07, 6.45) is 5.32. The van der Waals surface area contributed by atoms with Crippen LogP contribution in [0.3, 0.4) is 0 Å². The zero-order valence-corrected chi connectivity index (χ0v) is 8.48. The van der Waals surface area contributed by atoms with Gasteiger partial charge in [0.2, 0.25) is 5.11 Å². The molecule has 0 N–H and O–H groups in total. The fourth-order valence-electron chi connectivity index (χ4n) is 1.56. The fourth-order valence-corrected chi connectivity index (χ4v) is 1.75. The first-order chi connectivity index (χ1) is 7.34. The van der Waals surface area contributed by atoms with Gasteiger partial charge >= 0.3 is 0 Å². The van der Waals surface area contributed by atoms with E-state index in [0.29, 0.717) is 5.11 Å². The molecule has 2 heterocycles. The molecule has 0 radical (unpaired) electrons. The van der Waals surface area contributed by atoms with Gasteiger partial charge in [-0.1, -0.05) is 6.07 Å². The molecule has 3 rings (SSSR count). The molecular weight excluding hydrogens is 208 g/mol. The van der Waals surface area contributed by atoms with Crippen LogP contribution in [0.2, 0.25) is 0 Å². The van der Waals surface area contributed by atoms with E-state index in [1.165, 1.54) is 0 Å². The van der Waals surface area contributed by atoms with Gasteiger partial charge in [-0.15, -0.1) is 0 Å². The molecule has 1 aliphatic heterocycles. The largest absolute Gasteiger partial charge is 0.304 e. The van der Waals surface area contributed by atoms with E-state index < -0.39 is 0 Å². The topological polar surface area (TPSA) is 42.5 Å². The average molecular weight is 214 g/mol. The Morgan fingerprint density at radius 1 is 1.20 bits per heavy atom. The molecule has 0 amide bonds. The predicted octanol–water partition coefficient (Wildman–Crippen LogP) is 0.410. The standard InChI is InChI=1S/C10H6N4S/c15-10-12-7-2-1-3-8(9(7)13-10)14-5-4-11-6-14/h1-6H.